The Hall–Kier alpha value is -2.73. The molecule has 7 N–H and O–H groups in total. The first-order valence-electron chi connectivity index (χ1n) is 7.87. The van der Waals surface area contributed by atoms with Crippen molar-refractivity contribution in [3.8, 4) is 0 Å². The van der Waals surface area contributed by atoms with Gasteiger partial charge in [0.2, 0.25) is 17.7 Å². The fraction of sp³-hybridized carbons (Fsp3) is 0.643. The molecule has 0 aliphatic carbocycles. The standard InChI is InChI=1S/C14H22N4O8/c15-5-10(20)16-7(4-11(21)22)13(24)18-3-1-2-9(18)12(23)17-8(6-19)14(25)26/h7-9,19H,1-6,15H2,(H,16,20)(H,17,23)(H,21,22)(H,25,26). The molecule has 1 rings (SSSR count). The summed E-state index contributed by atoms with van der Waals surface area (Å²) in [6.07, 6.45) is -0.0188. The van der Waals surface area contributed by atoms with Crippen LogP contribution in [0.5, 0.6) is 0 Å². The average Bonchev–Trinajstić information content (AvgIpc) is 3.07. The van der Waals surface area contributed by atoms with E-state index in [9.17, 15) is 24.0 Å². The van der Waals surface area contributed by atoms with Gasteiger partial charge in [-0.2, -0.15) is 0 Å². The van der Waals surface area contributed by atoms with E-state index >= 15 is 0 Å². The van der Waals surface area contributed by atoms with Crippen LogP contribution >= 0.6 is 0 Å². The molecule has 0 aromatic heterocycles. The molecule has 12 nitrogen and oxygen atoms in total. The molecule has 1 heterocycles. The molecule has 0 spiro atoms. The van der Waals surface area contributed by atoms with Crippen molar-refractivity contribution in [3.63, 3.8) is 0 Å². The highest BCUT2D eigenvalue weighted by Crippen LogP contribution is 2.19. The summed E-state index contributed by atoms with van der Waals surface area (Å²) in [7, 11) is 0. The number of nitrogens with two attached hydrogens (primary N) is 1. The lowest BCUT2D eigenvalue weighted by Crippen LogP contribution is -2.56. The van der Waals surface area contributed by atoms with Gasteiger partial charge >= 0.3 is 11.9 Å². The molecule has 1 saturated heterocycles. The Balaban J connectivity index is 2.89. The van der Waals surface area contributed by atoms with E-state index in [4.69, 9.17) is 21.1 Å². The van der Waals surface area contributed by atoms with E-state index in [2.05, 4.69) is 10.6 Å². The van der Waals surface area contributed by atoms with Gasteiger partial charge in [-0.3, -0.25) is 19.2 Å². The van der Waals surface area contributed by atoms with E-state index in [1.807, 2.05) is 0 Å². The van der Waals surface area contributed by atoms with Crippen molar-refractivity contribution in [2.24, 2.45) is 5.73 Å². The Kier molecular flexibility index (Phi) is 7.93. The fourth-order valence-electron chi connectivity index (χ4n) is 2.58. The highest BCUT2D eigenvalue weighted by molar-refractivity contribution is 5.95. The van der Waals surface area contributed by atoms with Crippen LogP contribution in [-0.4, -0.2) is 87.7 Å². The second kappa shape index (κ2) is 9.68. The monoisotopic (exact) mass is 374 g/mol. The maximum Gasteiger partial charge on any atom is 0.328 e. The van der Waals surface area contributed by atoms with Crippen LogP contribution in [-0.2, 0) is 24.0 Å². The molecule has 26 heavy (non-hydrogen) atoms. The van der Waals surface area contributed by atoms with Crippen molar-refractivity contribution < 1.29 is 39.3 Å². The van der Waals surface area contributed by atoms with Crippen molar-refractivity contribution in [3.05, 3.63) is 0 Å². The van der Waals surface area contributed by atoms with E-state index in [0.717, 1.165) is 4.90 Å². The number of carbonyl (C=O) groups is 5. The van der Waals surface area contributed by atoms with Crippen LogP contribution < -0.4 is 16.4 Å². The van der Waals surface area contributed by atoms with E-state index in [-0.39, 0.29) is 13.0 Å². The Morgan fingerprint density at radius 2 is 1.77 bits per heavy atom. The van der Waals surface area contributed by atoms with Gasteiger partial charge in [0, 0.05) is 6.54 Å². The maximum atomic E-state index is 12.6. The predicted octanol–water partition coefficient (Wildman–Crippen LogP) is -3.54. The first kappa shape index (κ1) is 21.3. The zero-order valence-electron chi connectivity index (χ0n) is 13.9. The highest BCUT2D eigenvalue weighted by atomic mass is 16.4. The van der Waals surface area contributed by atoms with Gasteiger partial charge in [-0.25, -0.2) is 4.79 Å². The summed E-state index contributed by atoms with van der Waals surface area (Å²) >= 11 is 0. The fourth-order valence-corrected chi connectivity index (χ4v) is 2.58. The SMILES string of the molecule is NCC(=O)NC(CC(=O)O)C(=O)N1CCCC1C(=O)NC(CO)C(=O)O. The number of hydrogen-bond acceptors (Lipinski definition) is 7. The van der Waals surface area contributed by atoms with Gasteiger partial charge < -0.3 is 36.6 Å². The van der Waals surface area contributed by atoms with Gasteiger partial charge in [0.05, 0.1) is 19.6 Å². The van der Waals surface area contributed by atoms with Crippen LogP contribution in [0, 0.1) is 0 Å². The number of aliphatic hydroxyl groups excluding tert-OH is 1. The number of rotatable bonds is 9. The zero-order chi connectivity index (χ0) is 19.9. The molecule has 3 atom stereocenters. The summed E-state index contributed by atoms with van der Waals surface area (Å²) in [6.45, 7) is -1.12. The molecular weight excluding hydrogens is 352 g/mol. The number of hydrogen-bond donors (Lipinski definition) is 6. The molecule has 1 aliphatic heterocycles. The van der Waals surface area contributed by atoms with Crippen LogP contribution in [0.15, 0.2) is 0 Å². The molecule has 3 unspecified atom stereocenters. The summed E-state index contributed by atoms with van der Waals surface area (Å²) in [5, 5.41) is 31.1. The van der Waals surface area contributed by atoms with Crippen LogP contribution in [0.2, 0.25) is 0 Å². The summed E-state index contributed by atoms with van der Waals surface area (Å²) < 4.78 is 0. The number of aliphatic carboxylic acids is 2. The molecule has 146 valence electrons. The van der Waals surface area contributed by atoms with E-state index in [1.165, 1.54) is 0 Å². The van der Waals surface area contributed by atoms with Crippen molar-refractivity contribution in [1.82, 2.24) is 15.5 Å². The maximum absolute atomic E-state index is 12.6. The third-order valence-electron chi connectivity index (χ3n) is 3.83. The molecule has 0 radical (unpaired) electrons. The normalized spacial score (nSPS) is 18.7. The number of carbonyl (C=O) groups excluding carboxylic acids is 3. The minimum absolute atomic E-state index is 0.141. The first-order valence-corrected chi connectivity index (χ1v) is 7.87. The largest absolute Gasteiger partial charge is 0.481 e. The zero-order valence-corrected chi connectivity index (χ0v) is 13.9. The number of aliphatic hydroxyl groups is 1. The number of likely N-dealkylation sites (tertiary alicyclic amines) is 1. The van der Waals surface area contributed by atoms with Crippen molar-refractivity contribution in [1.29, 1.82) is 0 Å². The quantitative estimate of drug-likeness (QED) is 0.236. The summed E-state index contributed by atoms with van der Waals surface area (Å²) in [6, 6.07) is -3.95. The van der Waals surface area contributed by atoms with Gasteiger partial charge in [-0.15, -0.1) is 0 Å². The molecule has 1 aliphatic rings. The Bertz CT molecular complexity index is 581. The average molecular weight is 374 g/mol. The van der Waals surface area contributed by atoms with Gasteiger partial charge in [0.25, 0.3) is 0 Å². The third kappa shape index (κ3) is 5.67. The number of carboxylic acid groups (broad SMARTS) is 2. The van der Waals surface area contributed by atoms with Crippen LogP contribution in [0.25, 0.3) is 0 Å². The Labute approximate surface area is 148 Å². The van der Waals surface area contributed by atoms with Gasteiger partial charge in [0.1, 0.15) is 18.1 Å². The summed E-state index contributed by atoms with van der Waals surface area (Å²) in [5.74, 6) is -5.04. The smallest absolute Gasteiger partial charge is 0.328 e. The lowest BCUT2D eigenvalue weighted by molar-refractivity contribution is -0.147. The second-order valence-electron chi connectivity index (χ2n) is 5.69. The molecule has 0 aromatic rings. The van der Waals surface area contributed by atoms with Crippen LogP contribution in [0.3, 0.4) is 0 Å². The molecule has 0 saturated carbocycles. The lowest BCUT2D eigenvalue weighted by atomic mass is 10.1. The minimum atomic E-state index is -1.52. The van der Waals surface area contributed by atoms with Crippen molar-refractivity contribution in [2.45, 2.75) is 37.4 Å². The Morgan fingerprint density at radius 3 is 2.27 bits per heavy atom. The highest BCUT2D eigenvalue weighted by Gasteiger charge is 2.39. The van der Waals surface area contributed by atoms with Gasteiger partial charge in [-0.05, 0) is 12.8 Å². The molecule has 12 heteroatoms. The summed E-state index contributed by atoms with van der Waals surface area (Å²) in [4.78, 5) is 59.2. The van der Waals surface area contributed by atoms with E-state index in [1.54, 1.807) is 0 Å². The predicted molar refractivity (Wildman–Crippen MR) is 84.6 cm³/mol. The van der Waals surface area contributed by atoms with Crippen LogP contribution in [0.4, 0.5) is 0 Å². The van der Waals surface area contributed by atoms with E-state index in [0.29, 0.717) is 6.42 Å². The van der Waals surface area contributed by atoms with Crippen molar-refractivity contribution in [2.75, 3.05) is 19.7 Å². The topological polar surface area (TPSA) is 199 Å². The minimum Gasteiger partial charge on any atom is -0.481 e. The number of nitrogens with one attached hydrogen (secondary N) is 2. The van der Waals surface area contributed by atoms with Gasteiger partial charge in [0.15, 0.2) is 0 Å². The molecule has 1 fully saturated rings. The number of amides is 3. The number of carboxylic acids is 2. The second-order valence-corrected chi connectivity index (χ2v) is 5.69. The van der Waals surface area contributed by atoms with Crippen molar-refractivity contribution >= 4 is 29.7 Å². The lowest BCUT2D eigenvalue weighted by Gasteiger charge is -2.28. The molecular formula is C14H22N4O8. The van der Waals surface area contributed by atoms with Gasteiger partial charge in [-0.1, -0.05) is 0 Å². The number of nitrogens with zero attached hydrogens (tertiary/aromatic N) is 1. The third-order valence-corrected chi connectivity index (χ3v) is 3.83. The van der Waals surface area contributed by atoms with Crippen LogP contribution in [0.1, 0.15) is 19.3 Å². The Morgan fingerprint density at radius 1 is 1.12 bits per heavy atom. The molecule has 0 aromatic carbocycles. The first-order chi connectivity index (χ1) is 12.2. The molecule has 0 bridgehead atoms. The molecule has 3 amide bonds. The van der Waals surface area contributed by atoms with E-state index < -0.39 is 67.4 Å². The summed E-state index contributed by atoms with van der Waals surface area (Å²) in [5.41, 5.74) is 5.15.